The minimum absolute atomic E-state index is 0. The van der Waals surface area contributed by atoms with Crippen molar-refractivity contribution in [2.45, 2.75) is 96.8 Å². The number of halogens is 2. The molecule has 1 nitrogen and oxygen atoms in total. The molecular weight excluding hydrogens is 365 g/mol. The van der Waals surface area contributed by atoms with Crippen molar-refractivity contribution < 1.29 is 52.7 Å². The largest absolute Gasteiger partial charge is 1.00 e. The van der Waals surface area contributed by atoms with Gasteiger partial charge in [0.05, 0.1) is 27.7 Å². The molecule has 0 N–H and O–H groups in total. The first-order valence-electron chi connectivity index (χ1n) is 9.36. The van der Waals surface area contributed by atoms with Crippen molar-refractivity contribution in [3.8, 4) is 0 Å². The average Bonchev–Trinajstić information content (AvgIpc) is 2.38. The Morgan fingerprint density at radius 2 is 0.783 bits per heavy atom. The molecule has 138 valence electrons. The van der Waals surface area contributed by atoms with E-state index in [1.807, 2.05) is 0 Å². The van der Waals surface area contributed by atoms with Gasteiger partial charge in [0, 0.05) is 0 Å². The Morgan fingerprint density at radius 3 is 1.04 bits per heavy atom. The summed E-state index contributed by atoms with van der Waals surface area (Å²) in [5.41, 5.74) is 0. The monoisotopic (exact) mass is 405 g/mol. The van der Waals surface area contributed by atoms with E-state index in [2.05, 4.69) is 28.1 Å². The van der Waals surface area contributed by atoms with Crippen LogP contribution in [-0.2, 0) is 0 Å². The van der Waals surface area contributed by atoms with Crippen molar-refractivity contribution in [1.29, 1.82) is 0 Å². The van der Waals surface area contributed by atoms with E-state index in [1.165, 1.54) is 96.4 Å². The Hall–Kier alpha value is 1.33. The predicted octanol–water partition coefficient (Wildman–Crippen LogP) is -2.81. The third-order valence-corrected chi connectivity index (χ3v) is 4.18. The van der Waals surface area contributed by atoms with Crippen LogP contribution in [0.5, 0.6) is 0 Å². The fraction of sp³-hybridized carbons (Fsp3) is 1.00. The van der Waals surface area contributed by atoms with Crippen LogP contribution in [0, 0.1) is 0 Å². The molecule has 0 amide bonds. The zero-order valence-corrected chi connectivity index (χ0v) is 19.2. The maximum absolute atomic E-state index is 2.29. The summed E-state index contributed by atoms with van der Waals surface area (Å²) >= 11 is 0. The molecular formula is C19H42BrClLiN. The third kappa shape index (κ3) is 31.6. The van der Waals surface area contributed by atoms with Gasteiger partial charge in [-0.15, -0.1) is 0 Å². The molecule has 0 rings (SSSR count). The molecule has 0 unspecified atom stereocenters. The number of hydrogen-bond acceptors (Lipinski definition) is 0. The van der Waals surface area contributed by atoms with E-state index in [9.17, 15) is 0 Å². The van der Waals surface area contributed by atoms with Gasteiger partial charge in [0.2, 0.25) is 0 Å². The molecule has 0 spiro atoms. The number of unbranched alkanes of at least 4 members (excludes halogenated alkanes) is 13. The SMILES string of the molecule is CCCCCCCCCCCCCCCC[N+](C)(C)C.[Br-].[Cl-].[Li+]. The molecule has 0 aromatic carbocycles. The molecule has 0 atom stereocenters. The van der Waals surface area contributed by atoms with E-state index in [0.717, 1.165) is 4.48 Å². The molecule has 0 fully saturated rings. The predicted molar refractivity (Wildman–Crippen MR) is 93.2 cm³/mol. The molecule has 0 heterocycles. The van der Waals surface area contributed by atoms with E-state index < -0.39 is 0 Å². The molecule has 0 aromatic heterocycles. The Bertz CT molecular complexity index is 198. The van der Waals surface area contributed by atoms with Crippen LogP contribution in [0.25, 0.3) is 0 Å². The molecule has 0 saturated carbocycles. The van der Waals surface area contributed by atoms with Crippen LogP contribution in [-0.4, -0.2) is 32.2 Å². The summed E-state index contributed by atoms with van der Waals surface area (Å²) < 4.78 is 1.12. The Balaban J connectivity index is -0.000000602. The van der Waals surface area contributed by atoms with Crippen molar-refractivity contribution in [1.82, 2.24) is 0 Å². The van der Waals surface area contributed by atoms with Gasteiger partial charge >= 0.3 is 18.9 Å². The summed E-state index contributed by atoms with van der Waals surface area (Å²) in [7, 11) is 6.88. The standard InChI is InChI=1S/C19H42N.BrH.ClH.Li/c1-5-6-7-8-9-10-11-12-13-14-15-16-17-18-19-20(2,3)4;;;/h5-19H2,1-4H3;2*1H;/q+1;;;+1/p-2. The molecule has 23 heavy (non-hydrogen) atoms. The topological polar surface area (TPSA) is 0 Å². The Morgan fingerprint density at radius 1 is 0.522 bits per heavy atom. The van der Waals surface area contributed by atoms with Crippen LogP contribution in [0.15, 0.2) is 0 Å². The van der Waals surface area contributed by atoms with Gasteiger partial charge in [0.15, 0.2) is 0 Å². The van der Waals surface area contributed by atoms with Gasteiger partial charge in [-0.05, 0) is 12.8 Å². The normalized spacial score (nSPS) is 10.4. The number of hydrogen-bond donors (Lipinski definition) is 0. The van der Waals surface area contributed by atoms with Crippen molar-refractivity contribution in [2.75, 3.05) is 27.7 Å². The maximum atomic E-state index is 2.29. The van der Waals surface area contributed by atoms with Gasteiger partial charge in [-0.1, -0.05) is 84.0 Å². The van der Waals surface area contributed by atoms with Gasteiger partial charge in [-0.2, -0.15) is 0 Å². The van der Waals surface area contributed by atoms with Gasteiger partial charge in [0.1, 0.15) is 0 Å². The zero-order chi connectivity index (χ0) is 15.1. The first-order valence-corrected chi connectivity index (χ1v) is 9.36. The molecule has 0 radical (unpaired) electrons. The summed E-state index contributed by atoms with van der Waals surface area (Å²) in [6, 6.07) is 0. The molecule has 0 aliphatic carbocycles. The molecule has 0 saturated heterocycles. The summed E-state index contributed by atoms with van der Waals surface area (Å²) in [5.74, 6) is 0. The Labute approximate surface area is 176 Å². The summed E-state index contributed by atoms with van der Waals surface area (Å²) in [6.45, 7) is 3.63. The van der Waals surface area contributed by atoms with E-state index in [0.29, 0.717) is 0 Å². The van der Waals surface area contributed by atoms with Crippen LogP contribution < -0.4 is 48.2 Å². The van der Waals surface area contributed by atoms with Crippen molar-refractivity contribution >= 4 is 0 Å². The summed E-state index contributed by atoms with van der Waals surface area (Å²) in [4.78, 5) is 0. The van der Waals surface area contributed by atoms with Gasteiger partial charge in [-0.25, -0.2) is 0 Å². The molecule has 0 aromatic rings. The van der Waals surface area contributed by atoms with Crippen LogP contribution in [0.1, 0.15) is 96.8 Å². The minimum atomic E-state index is 0. The average molecular weight is 407 g/mol. The molecule has 0 bridgehead atoms. The Kier molecular flexibility index (Phi) is 32.5. The summed E-state index contributed by atoms with van der Waals surface area (Å²) in [5, 5.41) is 0. The van der Waals surface area contributed by atoms with Crippen molar-refractivity contribution in [3.63, 3.8) is 0 Å². The number of quaternary nitrogens is 1. The van der Waals surface area contributed by atoms with Crippen LogP contribution in [0.3, 0.4) is 0 Å². The fourth-order valence-corrected chi connectivity index (χ4v) is 2.78. The molecule has 4 heteroatoms. The quantitative estimate of drug-likeness (QED) is 0.156. The van der Waals surface area contributed by atoms with Crippen LogP contribution in [0.4, 0.5) is 0 Å². The van der Waals surface area contributed by atoms with Crippen LogP contribution >= 0.6 is 0 Å². The molecule has 0 aliphatic rings. The minimum Gasteiger partial charge on any atom is -1.00 e. The first kappa shape index (κ1) is 32.0. The fourth-order valence-electron chi connectivity index (χ4n) is 2.78. The van der Waals surface area contributed by atoms with E-state index in [1.54, 1.807) is 0 Å². The van der Waals surface area contributed by atoms with Crippen molar-refractivity contribution in [3.05, 3.63) is 0 Å². The molecule has 0 aliphatic heterocycles. The van der Waals surface area contributed by atoms with Gasteiger partial charge in [-0.3, -0.25) is 0 Å². The zero-order valence-electron chi connectivity index (χ0n) is 16.8. The maximum Gasteiger partial charge on any atom is 1.00 e. The van der Waals surface area contributed by atoms with E-state index in [4.69, 9.17) is 0 Å². The van der Waals surface area contributed by atoms with Crippen molar-refractivity contribution in [2.24, 2.45) is 0 Å². The van der Waals surface area contributed by atoms with Gasteiger partial charge in [0.25, 0.3) is 0 Å². The first-order chi connectivity index (χ1) is 9.56. The number of rotatable bonds is 15. The van der Waals surface area contributed by atoms with Crippen LogP contribution in [0.2, 0.25) is 0 Å². The summed E-state index contributed by atoms with van der Waals surface area (Å²) in [6.07, 6.45) is 20.4. The second kappa shape index (κ2) is 23.3. The van der Waals surface area contributed by atoms with E-state index in [-0.39, 0.29) is 48.2 Å². The second-order valence-electron chi connectivity index (χ2n) is 7.61. The van der Waals surface area contributed by atoms with Gasteiger partial charge < -0.3 is 33.9 Å². The smallest absolute Gasteiger partial charge is 1.00 e. The van der Waals surface area contributed by atoms with E-state index >= 15 is 0 Å². The number of nitrogens with zero attached hydrogens (tertiary/aromatic N) is 1. The second-order valence-corrected chi connectivity index (χ2v) is 7.61. The third-order valence-electron chi connectivity index (χ3n) is 4.18.